The van der Waals surface area contributed by atoms with Crippen LogP contribution in [0.25, 0.3) is 0 Å². The first kappa shape index (κ1) is 8.21. The summed E-state index contributed by atoms with van der Waals surface area (Å²) in [7, 11) is 0. The molecule has 2 heterocycles. The molecule has 2 aliphatic rings. The molecule has 2 bridgehead atoms. The zero-order valence-electron chi connectivity index (χ0n) is 6.63. The maximum Gasteiger partial charge on any atom is 0.102 e. The molecular formula is C10H6Br2O. The SMILES string of the molecule is Brc1cc2c(cc1Br)[C@@H]1C=C[C@@H]2O1. The van der Waals surface area contributed by atoms with E-state index in [1.807, 2.05) is 0 Å². The molecule has 2 aliphatic heterocycles. The minimum absolute atomic E-state index is 0.185. The van der Waals surface area contributed by atoms with E-state index in [1.165, 1.54) is 11.1 Å². The van der Waals surface area contributed by atoms with E-state index in [4.69, 9.17) is 4.74 Å². The predicted molar refractivity (Wildman–Crippen MR) is 57.5 cm³/mol. The summed E-state index contributed by atoms with van der Waals surface area (Å²) in [6, 6.07) is 4.27. The number of hydrogen-bond acceptors (Lipinski definition) is 1. The van der Waals surface area contributed by atoms with Gasteiger partial charge in [0.25, 0.3) is 0 Å². The van der Waals surface area contributed by atoms with Gasteiger partial charge in [0.2, 0.25) is 0 Å². The average Bonchev–Trinajstić information content (AvgIpc) is 2.67. The van der Waals surface area contributed by atoms with Crippen LogP contribution >= 0.6 is 31.9 Å². The Balaban J connectivity index is 2.25. The van der Waals surface area contributed by atoms with Crippen LogP contribution in [0.1, 0.15) is 23.3 Å². The quantitative estimate of drug-likeness (QED) is 0.661. The minimum atomic E-state index is 0.185. The van der Waals surface area contributed by atoms with Crippen LogP contribution in [0.3, 0.4) is 0 Å². The van der Waals surface area contributed by atoms with Crippen molar-refractivity contribution in [1.29, 1.82) is 0 Å². The Labute approximate surface area is 93.0 Å². The van der Waals surface area contributed by atoms with Gasteiger partial charge in [0.05, 0.1) is 0 Å². The maximum absolute atomic E-state index is 5.70. The molecular weight excluding hydrogens is 296 g/mol. The van der Waals surface area contributed by atoms with Crippen LogP contribution < -0.4 is 0 Å². The van der Waals surface area contributed by atoms with E-state index in [2.05, 4.69) is 56.1 Å². The van der Waals surface area contributed by atoms with E-state index in [1.54, 1.807) is 0 Å². The second kappa shape index (κ2) is 2.69. The van der Waals surface area contributed by atoms with Gasteiger partial charge < -0.3 is 4.74 Å². The van der Waals surface area contributed by atoms with Crippen molar-refractivity contribution in [3.8, 4) is 0 Å². The standard InChI is InChI=1S/C10H6Br2O/c11-7-3-5-6(4-8(7)12)10-2-1-9(5)13-10/h1-4,9-10H/t9-,10-/m0/s1. The Kier molecular flexibility index (Phi) is 1.70. The fourth-order valence-corrected chi connectivity index (χ4v) is 2.60. The predicted octanol–water partition coefficient (Wildman–Crippen LogP) is 3.89. The molecule has 0 N–H and O–H groups in total. The zero-order chi connectivity index (χ0) is 9.00. The molecule has 1 nitrogen and oxygen atoms in total. The first-order valence-electron chi connectivity index (χ1n) is 4.08. The van der Waals surface area contributed by atoms with Crippen LogP contribution in [0.2, 0.25) is 0 Å². The Hall–Kier alpha value is -0.120. The molecule has 0 aliphatic carbocycles. The van der Waals surface area contributed by atoms with Gasteiger partial charge in [-0.05, 0) is 55.1 Å². The summed E-state index contributed by atoms with van der Waals surface area (Å²) in [5.41, 5.74) is 2.59. The number of rotatable bonds is 0. The van der Waals surface area contributed by atoms with Crippen molar-refractivity contribution in [2.45, 2.75) is 12.2 Å². The van der Waals surface area contributed by atoms with Crippen LogP contribution in [0.4, 0.5) is 0 Å². The van der Waals surface area contributed by atoms with Gasteiger partial charge >= 0.3 is 0 Å². The molecule has 1 aromatic rings. The van der Waals surface area contributed by atoms with E-state index in [9.17, 15) is 0 Å². The smallest absolute Gasteiger partial charge is 0.102 e. The molecule has 2 atom stereocenters. The van der Waals surface area contributed by atoms with Crippen molar-refractivity contribution in [3.63, 3.8) is 0 Å². The number of halogens is 2. The lowest BCUT2D eigenvalue weighted by atomic mass is 9.97. The van der Waals surface area contributed by atoms with Crippen LogP contribution in [-0.4, -0.2) is 0 Å². The molecule has 0 saturated heterocycles. The molecule has 0 spiro atoms. The third-order valence-corrected chi connectivity index (χ3v) is 4.34. The largest absolute Gasteiger partial charge is 0.357 e. The van der Waals surface area contributed by atoms with Crippen LogP contribution in [-0.2, 0) is 4.74 Å². The fraction of sp³-hybridized carbons (Fsp3) is 0.200. The van der Waals surface area contributed by atoms with Gasteiger partial charge in [-0.25, -0.2) is 0 Å². The fourth-order valence-electron chi connectivity index (χ4n) is 1.87. The Morgan fingerprint density at radius 2 is 1.38 bits per heavy atom. The second-order valence-electron chi connectivity index (χ2n) is 3.26. The first-order valence-corrected chi connectivity index (χ1v) is 5.67. The molecule has 0 unspecified atom stereocenters. The Morgan fingerprint density at radius 1 is 0.923 bits per heavy atom. The van der Waals surface area contributed by atoms with Crippen molar-refractivity contribution >= 4 is 31.9 Å². The van der Waals surface area contributed by atoms with Gasteiger partial charge in [-0.1, -0.05) is 12.2 Å². The number of ether oxygens (including phenoxy) is 1. The first-order chi connectivity index (χ1) is 6.25. The van der Waals surface area contributed by atoms with E-state index >= 15 is 0 Å². The minimum Gasteiger partial charge on any atom is -0.357 e. The van der Waals surface area contributed by atoms with Gasteiger partial charge in [0.1, 0.15) is 12.2 Å². The molecule has 1 aromatic carbocycles. The summed E-state index contributed by atoms with van der Waals surface area (Å²) in [5, 5.41) is 0. The lowest BCUT2D eigenvalue weighted by Crippen LogP contribution is -1.92. The normalized spacial score (nSPS) is 28.2. The summed E-state index contributed by atoms with van der Waals surface area (Å²) < 4.78 is 7.89. The molecule has 0 aromatic heterocycles. The summed E-state index contributed by atoms with van der Waals surface area (Å²) in [6.45, 7) is 0. The van der Waals surface area contributed by atoms with Gasteiger partial charge in [-0.2, -0.15) is 0 Å². The van der Waals surface area contributed by atoms with Crippen LogP contribution in [0.5, 0.6) is 0 Å². The highest BCUT2D eigenvalue weighted by molar-refractivity contribution is 9.13. The monoisotopic (exact) mass is 300 g/mol. The van der Waals surface area contributed by atoms with Gasteiger partial charge in [0, 0.05) is 8.95 Å². The average molecular weight is 302 g/mol. The number of hydrogen-bond donors (Lipinski definition) is 0. The summed E-state index contributed by atoms with van der Waals surface area (Å²) in [4.78, 5) is 0. The highest BCUT2D eigenvalue weighted by Gasteiger charge is 2.33. The van der Waals surface area contributed by atoms with Crippen LogP contribution in [0, 0.1) is 0 Å². The van der Waals surface area contributed by atoms with Gasteiger partial charge in [-0.3, -0.25) is 0 Å². The Bertz CT molecular complexity index is 375. The second-order valence-corrected chi connectivity index (χ2v) is 4.97. The summed E-state index contributed by atoms with van der Waals surface area (Å²) in [6.07, 6.45) is 4.61. The van der Waals surface area contributed by atoms with Crippen molar-refractivity contribution in [2.24, 2.45) is 0 Å². The van der Waals surface area contributed by atoms with Gasteiger partial charge in [0.15, 0.2) is 0 Å². The molecule has 66 valence electrons. The third-order valence-electron chi connectivity index (χ3n) is 2.49. The van der Waals surface area contributed by atoms with E-state index in [0.29, 0.717) is 0 Å². The van der Waals surface area contributed by atoms with Crippen molar-refractivity contribution in [3.05, 3.63) is 44.4 Å². The number of fused-ring (bicyclic) bond motifs is 5. The number of benzene rings is 1. The molecule has 3 heteroatoms. The van der Waals surface area contributed by atoms with E-state index in [-0.39, 0.29) is 12.2 Å². The van der Waals surface area contributed by atoms with E-state index in [0.717, 1.165) is 8.95 Å². The molecule has 3 rings (SSSR count). The molecule has 0 saturated carbocycles. The van der Waals surface area contributed by atoms with Crippen molar-refractivity contribution < 1.29 is 4.74 Å². The van der Waals surface area contributed by atoms with E-state index < -0.39 is 0 Å². The topological polar surface area (TPSA) is 9.23 Å². The molecule has 0 fully saturated rings. The molecule has 0 amide bonds. The lowest BCUT2D eigenvalue weighted by Gasteiger charge is -2.08. The molecule has 13 heavy (non-hydrogen) atoms. The summed E-state index contributed by atoms with van der Waals surface area (Å²) >= 11 is 6.99. The van der Waals surface area contributed by atoms with Gasteiger partial charge in [-0.15, -0.1) is 0 Å². The van der Waals surface area contributed by atoms with Crippen molar-refractivity contribution in [1.82, 2.24) is 0 Å². The van der Waals surface area contributed by atoms with Crippen LogP contribution in [0.15, 0.2) is 33.2 Å². The maximum atomic E-state index is 5.70. The zero-order valence-corrected chi connectivity index (χ0v) is 9.80. The third kappa shape index (κ3) is 1.07. The Morgan fingerprint density at radius 3 is 1.85 bits per heavy atom. The van der Waals surface area contributed by atoms with Crippen molar-refractivity contribution in [2.75, 3.05) is 0 Å². The summed E-state index contributed by atoms with van der Waals surface area (Å²) in [5.74, 6) is 0. The molecule has 0 radical (unpaired) electrons. The lowest BCUT2D eigenvalue weighted by molar-refractivity contribution is 0.0878. The highest BCUT2D eigenvalue weighted by atomic mass is 79.9. The highest BCUT2D eigenvalue weighted by Crippen LogP contribution is 2.47.